The summed E-state index contributed by atoms with van der Waals surface area (Å²) in [4.78, 5) is 29.7. The molecule has 0 radical (unpaired) electrons. The number of nitrogens with zero attached hydrogens (tertiary/aromatic N) is 6. The van der Waals surface area contributed by atoms with Crippen LogP contribution in [-0.4, -0.2) is 35.0 Å². The lowest BCUT2D eigenvalue weighted by molar-refractivity contribution is 0.476. The Labute approximate surface area is 314 Å². The van der Waals surface area contributed by atoms with Crippen molar-refractivity contribution < 1.29 is 5.11 Å². The second-order valence-corrected chi connectivity index (χ2v) is 13.8. The number of pyridine rings is 6. The van der Waals surface area contributed by atoms with E-state index in [-0.39, 0.29) is 5.75 Å². The summed E-state index contributed by atoms with van der Waals surface area (Å²) in [6.45, 7) is 0. The van der Waals surface area contributed by atoms with E-state index in [9.17, 15) is 5.11 Å². The van der Waals surface area contributed by atoms with Crippen LogP contribution in [0.3, 0.4) is 0 Å². The first-order valence-electron chi connectivity index (χ1n) is 18.1. The molecule has 0 amide bonds. The van der Waals surface area contributed by atoms with Crippen molar-refractivity contribution in [1.82, 2.24) is 29.9 Å². The van der Waals surface area contributed by atoms with E-state index in [0.717, 1.165) is 110 Å². The molecular weight excluding hydrogens is 677 g/mol. The quantitative estimate of drug-likeness (QED) is 0.182. The standard InChI is InChI=1S/C48H28N6O/c55-38-26-36(41-20-16-31-11-9-29-7-3-23-50-44(29)46(31)53-41)25-37(27-38)42-21-17-33-13-12-32-15-19-40(52-47(32)48(33)54-42)35-5-1-4-34(24-35)39-18-14-30-10-8-28-6-2-22-49-43(28)45(30)51-39/h1-27,55H. The molecule has 0 unspecified atom stereocenters. The van der Waals surface area contributed by atoms with Crippen molar-refractivity contribution in [2.45, 2.75) is 0 Å². The molecule has 6 aromatic heterocycles. The summed E-state index contributed by atoms with van der Waals surface area (Å²) < 4.78 is 0. The van der Waals surface area contributed by atoms with Gasteiger partial charge in [-0.05, 0) is 60.7 Å². The van der Waals surface area contributed by atoms with Gasteiger partial charge in [0.1, 0.15) is 5.75 Å². The Bertz CT molecular complexity index is 3360. The van der Waals surface area contributed by atoms with E-state index in [0.29, 0.717) is 0 Å². The maximum absolute atomic E-state index is 11.0. The fourth-order valence-electron chi connectivity index (χ4n) is 7.60. The summed E-state index contributed by atoms with van der Waals surface area (Å²) in [5.74, 6) is 0.135. The zero-order valence-corrected chi connectivity index (χ0v) is 29.2. The molecule has 0 aliphatic heterocycles. The molecule has 11 rings (SSSR count). The van der Waals surface area contributed by atoms with Gasteiger partial charge in [0.2, 0.25) is 0 Å². The average Bonchev–Trinajstić information content (AvgIpc) is 3.25. The molecule has 0 aliphatic carbocycles. The molecule has 256 valence electrons. The zero-order chi connectivity index (χ0) is 36.5. The Morgan fingerprint density at radius 3 is 1.04 bits per heavy atom. The lowest BCUT2D eigenvalue weighted by atomic mass is 10.0. The molecule has 7 heteroatoms. The molecular formula is C48H28N6O. The van der Waals surface area contributed by atoms with Crippen LogP contribution >= 0.6 is 0 Å². The second kappa shape index (κ2) is 12.2. The van der Waals surface area contributed by atoms with Gasteiger partial charge >= 0.3 is 0 Å². The lowest BCUT2D eigenvalue weighted by Gasteiger charge is -2.11. The van der Waals surface area contributed by atoms with E-state index in [4.69, 9.17) is 19.9 Å². The Morgan fingerprint density at radius 1 is 0.291 bits per heavy atom. The van der Waals surface area contributed by atoms with Crippen LogP contribution in [0.1, 0.15) is 0 Å². The molecule has 55 heavy (non-hydrogen) atoms. The van der Waals surface area contributed by atoms with Gasteiger partial charge in [-0.1, -0.05) is 91.0 Å². The maximum atomic E-state index is 11.0. The molecule has 0 fully saturated rings. The smallest absolute Gasteiger partial charge is 0.116 e. The van der Waals surface area contributed by atoms with Crippen molar-refractivity contribution >= 4 is 65.4 Å². The number of hydrogen-bond acceptors (Lipinski definition) is 7. The predicted octanol–water partition coefficient (Wildman–Crippen LogP) is 11.3. The summed E-state index contributed by atoms with van der Waals surface area (Å²) in [6, 6.07) is 50.7. The molecule has 0 aliphatic rings. The first kappa shape index (κ1) is 30.9. The van der Waals surface area contributed by atoms with E-state index >= 15 is 0 Å². The highest BCUT2D eigenvalue weighted by Gasteiger charge is 2.14. The number of benzene rings is 5. The van der Waals surface area contributed by atoms with E-state index in [1.165, 1.54) is 0 Å². The highest BCUT2D eigenvalue weighted by atomic mass is 16.3. The topological polar surface area (TPSA) is 97.6 Å². The molecule has 0 spiro atoms. The predicted molar refractivity (Wildman–Crippen MR) is 222 cm³/mol. The summed E-state index contributed by atoms with van der Waals surface area (Å²) in [5.41, 5.74) is 11.8. The van der Waals surface area contributed by atoms with Crippen molar-refractivity contribution in [3.05, 3.63) is 164 Å². The molecule has 5 aromatic carbocycles. The summed E-state index contributed by atoms with van der Waals surface area (Å²) in [7, 11) is 0. The normalized spacial score (nSPS) is 11.7. The zero-order valence-electron chi connectivity index (χ0n) is 29.2. The Balaban J connectivity index is 0.992. The largest absolute Gasteiger partial charge is 0.508 e. The van der Waals surface area contributed by atoms with Gasteiger partial charge in [-0.25, -0.2) is 19.9 Å². The van der Waals surface area contributed by atoms with Crippen LogP contribution in [0, 0.1) is 0 Å². The molecule has 0 bridgehead atoms. The highest BCUT2D eigenvalue weighted by Crippen LogP contribution is 2.35. The third-order valence-electron chi connectivity index (χ3n) is 10.3. The monoisotopic (exact) mass is 704 g/mol. The van der Waals surface area contributed by atoms with Gasteiger partial charge in [-0.3, -0.25) is 9.97 Å². The minimum absolute atomic E-state index is 0.135. The molecule has 0 saturated heterocycles. The minimum atomic E-state index is 0.135. The molecule has 11 aromatic rings. The number of aromatic hydroxyl groups is 1. The molecule has 6 heterocycles. The van der Waals surface area contributed by atoms with Crippen molar-refractivity contribution in [3.8, 4) is 50.8 Å². The minimum Gasteiger partial charge on any atom is -0.508 e. The average molecular weight is 705 g/mol. The third kappa shape index (κ3) is 5.29. The van der Waals surface area contributed by atoms with Crippen molar-refractivity contribution in [3.63, 3.8) is 0 Å². The fourth-order valence-corrected chi connectivity index (χ4v) is 7.60. The maximum Gasteiger partial charge on any atom is 0.116 e. The van der Waals surface area contributed by atoms with Crippen molar-refractivity contribution in [2.75, 3.05) is 0 Å². The fraction of sp³-hybridized carbons (Fsp3) is 0. The molecule has 0 atom stereocenters. The van der Waals surface area contributed by atoms with Crippen molar-refractivity contribution in [1.29, 1.82) is 0 Å². The SMILES string of the molecule is Oc1cc(-c2ccc3ccc4cccnc4c3n2)cc(-c2ccc3ccc4ccc(-c5cccc(-c6ccc7ccc8cccnc8c7n6)c5)nc4c3n2)c1. The number of phenolic OH excluding ortho intramolecular Hbond substituents is 1. The first-order valence-corrected chi connectivity index (χ1v) is 18.1. The van der Waals surface area contributed by atoms with Gasteiger partial charge in [-0.2, -0.15) is 0 Å². The van der Waals surface area contributed by atoms with Gasteiger partial charge < -0.3 is 5.11 Å². The third-order valence-corrected chi connectivity index (χ3v) is 10.3. The van der Waals surface area contributed by atoms with Crippen molar-refractivity contribution in [2.24, 2.45) is 0 Å². The Kier molecular flexibility index (Phi) is 6.87. The van der Waals surface area contributed by atoms with Crippen LogP contribution in [-0.2, 0) is 0 Å². The van der Waals surface area contributed by atoms with Crippen LogP contribution in [0.5, 0.6) is 5.75 Å². The van der Waals surface area contributed by atoms with E-state index in [2.05, 4.69) is 101 Å². The summed E-state index contributed by atoms with van der Waals surface area (Å²) in [6.07, 6.45) is 3.60. The Morgan fingerprint density at radius 2 is 0.618 bits per heavy atom. The van der Waals surface area contributed by atoms with Crippen LogP contribution < -0.4 is 0 Å². The van der Waals surface area contributed by atoms with Gasteiger partial charge in [0, 0.05) is 67.0 Å². The molecule has 7 nitrogen and oxygen atoms in total. The van der Waals surface area contributed by atoms with E-state index < -0.39 is 0 Å². The number of rotatable bonds is 4. The van der Waals surface area contributed by atoms with Crippen LogP contribution in [0.25, 0.3) is 110 Å². The van der Waals surface area contributed by atoms with Crippen LogP contribution in [0.15, 0.2) is 164 Å². The Hall–Kier alpha value is -7.64. The van der Waals surface area contributed by atoms with E-state index in [1.54, 1.807) is 18.3 Å². The number of aromatic nitrogens is 6. The number of hydrogen-bond donors (Lipinski definition) is 1. The first-order chi connectivity index (χ1) is 27.1. The lowest BCUT2D eigenvalue weighted by Crippen LogP contribution is -1.93. The van der Waals surface area contributed by atoms with Gasteiger partial charge in [0.15, 0.2) is 0 Å². The number of phenols is 1. The molecule has 1 N–H and O–H groups in total. The second-order valence-electron chi connectivity index (χ2n) is 13.8. The summed E-state index contributed by atoms with van der Waals surface area (Å²) in [5, 5.41) is 17.1. The van der Waals surface area contributed by atoms with Gasteiger partial charge in [0.25, 0.3) is 0 Å². The van der Waals surface area contributed by atoms with Crippen LogP contribution in [0.2, 0.25) is 0 Å². The van der Waals surface area contributed by atoms with Gasteiger partial charge in [-0.15, -0.1) is 0 Å². The van der Waals surface area contributed by atoms with E-state index in [1.807, 2.05) is 54.7 Å². The van der Waals surface area contributed by atoms with Gasteiger partial charge in [0.05, 0.1) is 55.9 Å². The molecule has 0 saturated carbocycles. The highest BCUT2D eigenvalue weighted by molar-refractivity contribution is 6.06. The number of fused-ring (bicyclic) bond motifs is 9. The van der Waals surface area contributed by atoms with Crippen LogP contribution in [0.4, 0.5) is 0 Å². The summed E-state index contributed by atoms with van der Waals surface area (Å²) >= 11 is 0.